The average molecular weight is 722 g/mol. The summed E-state index contributed by atoms with van der Waals surface area (Å²) in [7, 11) is 1.50. The number of methoxy groups -OCH3 is 1. The number of aliphatic hydroxyl groups excluding tert-OH is 1. The number of ether oxygens (including phenoxy) is 3. The van der Waals surface area contributed by atoms with E-state index < -0.39 is 47.7 Å². The molecule has 3 aliphatic rings. The van der Waals surface area contributed by atoms with E-state index in [0.717, 1.165) is 5.56 Å². The Hall–Kier alpha value is -4.03. The number of nitrogens with zero attached hydrogens (tertiary/aromatic N) is 2. The van der Waals surface area contributed by atoms with Gasteiger partial charge in [-0.15, -0.1) is 13.2 Å². The van der Waals surface area contributed by atoms with Crippen molar-refractivity contribution in [3.8, 4) is 0 Å². The Morgan fingerprint density at radius 1 is 1.16 bits per heavy atom. The predicted molar refractivity (Wildman–Crippen MR) is 193 cm³/mol. The lowest BCUT2D eigenvalue weighted by molar-refractivity contribution is -0.163. The first-order valence-corrected chi connectivity index (χ1v) is 17.9. The quantitative estimate of drug-likeness (QED) is 0.129. The molecule has 51 heavy (non-hydrogen) atoms. The maximum Gasteiger partial charge on any atom is 0.313 e. The van der Waals surface area contributed by atoms with Crippen LogP contribution in [-0.2, 0) is 33.4 Å². The van der Waals surface area contributed by atoms with Gasteiger partial charge in [0.2, 0.25) is 11.8 Å². The summed E-state index contributed by atoms with van der Waals surface area (Å²) in [5.74, 6) is -3.63. The molecule has 7 atom stereocenters. The van der Waals surface area contributed by atoms with Crippen molar-refractivity contribution >= 4 is 41.0 Å². The molecule has 2 aromatic rings. The highest BCUT2D eigenvalue weighted by atomic mass is 35.5. The number of aryl methyl sites for hydroxylation is 1. The van der Waals surface area contributed by atoms with Gasteiger partial charge in [-0.3, -0.25) is 19.2 Å². The van der Waals surface area contributed by atoms with Gasteiger partial charge in [-0.25, -0.2) is 0 Å². The zero-order valence-corrected chi connectivity index (χ0v) is 30.1. The molecule has 12 heteroatoms. The summed E-state index contributed by atoms with van der Waals surface area (Å²) in [4.78, 5) is 59.8. The summed E-state index contributed by atoms with van der Waals surface area (Å²) in [5.41, 5.74) is 0.640. The monoisotopic (exact) mass is 721 g/mol. The third-order valence-electron chi connectivity index (χ3n) is 10.2. The Labute approximate surface area is 304 Å². The maximum absolute atomic E-state index is 14.9. The van der Waals surface area contributed by atoms with Gasteiger partial charge in [0.15, 0.2) is 0 Å². The molecule has 5 rings (SSSR count). The fourth-order valence-corrected chi connectivity index (χ4v) is 8.32. The number of carbonyl (C=O) groups excluding carboxylic acids is 4. The Bertz CT molecular complexity index is 1580. The normalized spacial score (nSPS) is 24.5. The van der Waals surface area contributed by atoms with E-state index in [2.05, 4.69) is 18.5 Å². The second kappa shape index (κ2) is 17.0. The van der Waals surface area contributed by atoms with E-state index in [4.69, 9.17) is 25.8 Å². The average Bonchev–Trinajstić information content (AvgIpc) is 3.76. The summed E-state index contributed by atoms with van der Waals surface area (Å²) in [5, 5.41) is 12.9. The largest absolute Gasteiger partial charge is 0.455 e. The summed E-state index contributed by atoms with van der Waals surface area (Å²) in [6.45, 7) is 9.72. The van der Waals surface area contributed by atoms with Crippen molar-refractivity contribution in [1.82, 2.24) is 10.2 Å². The first kappa shape index (κ1) is 38.2. The first-order chi connectivity index (χ1) is 24.6. The number of aliphatic hydroxyl groups is 1. The smallest absolute Gasteiger partial charge is 0.313 e. The number of unbranched alkanes of at least 4 members (excludes halogenated alkanes) is 1. The van der Waals surface area contributed by atoms with E-state index in [1.54, 1.807) is 36.4 Å². The lowest BCUT2D eigenvalue weighted by atomic mass is 9.70. The van der Waals surface area contributed by atoms with Crippen LogP contribution in [0.3, 0.4) is 0 Å². The van der Waals surface area contributed by atoms with E-state index in [1.807, 2.05) is 31.2 Å². The third kappa shape index (κ3) is 7.62. The maximum atomic E-state index is 14.9. The Kier molecular flexibility index (Phi) is 12.7. The summed E-state index contributed by atoms with van der Waals surface area (Å²) >= 11 is 6.67. The molecule has 3 fully saturated rings. The Morgan fingerprint density at radius 2 is 1.92 bits per heavy atom. The number of carbonyl (C=O) groups is 4. The van der Waals surface area contributed by atoms with E-state index in [1.165, 1.54) is 16.9 Å². The molecule has 0 radical (unpaired) electrons. The third-order valence-corrected chi connectivity index (χ3v) is 10.5. The number of amides is 3. The predicted octanol–water partition coefficient (Wildman–Crippen LogP) is 4.70. The number of likely N-dealkylation sites (tertiary alicyclic amines) is 1. The molecular formula is C39H48ClN3O8. The van der Waals surface area contributed by atoms with Crippen LogP contribution < -0.4 is 10.2 Å². The minimum Gasteiger partial charge on any atom is -0.455 e. The van der Waals surface area contributed by atoms with Crippen LogP contribution in [0.1, 0.15) is 55.8 Å². The number of esters is 1. The lowest BCUT2D eigenvalue weighted by Crippen LogP contribution is -2.56. The van der Waals surface area contributed by atoms with Crippen molar-refractivity contribution in [1.29, 1.82) is 0 Å². The molecule has 0 aliphatic carbocycles. The van der Waals surface area contributed by atoms with Crippen molar-refractivity contribution in [2.24, 2.45) is 11.8 Å². The van der Waals surface area contributed by atoms with Crippen LogP contribution in [-0.4, -0.2) is 90.9 Å². The second-order valence-electron chi connectivity index (χ2n) is 13.4. The van der Waals surface area contributed by atoms with Gasteiger partial charge in [-0.2, -0.15) is 0 Å². The van der Waals surface area contributed by atoms with E-state index >= 15 is 0 Å². The highest BCUT2D eigenvalue weighted by Gasteiger charge is 2.75. The number of hydrogen-bond donors (Lipinski definition) is 2. The topological polar surface area (TPSA) is 135 Å². The van der Waals surface area contributed by atoms with Crippen molar-refractivity contribution < 1.29 is 38.5 Å². The summed E-state index contributed by atoms with van der Waals surface area (Å²) in [6, 6.07) is 12.6. The summed E-state index contributed by atoms with van der Waals surface area (Å²) < 4.78 is 18.4. The molecule has 1 spiro atoms. The molecule has 3 heterocycles. The van der Waals surface area contributed by atoms with E-state index in [9.17, 15) is 24.3 Å². The van der Waals surface area contributed by atoms with Crippen LogP contribution in [0.15, 0.2) is 73.8 Å². The van der Waals surface area contributed by atoms with E-state index in [0.29, 0.717) is 48.4 Å². The lowest BCUT2D eigenvalue weighted by Gasteiger charge is -2.37. The van der Waals surface area contributed by atoms with Gasteiger partial charge >= 0.3 is 5.97 Å². The van der Waals surface area contributed by atoms with Gasteiger partial charge in [-0.05, 0) is 56.2 Å². The second-order valence-corrected chi connectivity index (χ2v) is 13.8. The molecule has 3 aliphatic heterocycles. The zero-order chi connectivity index (χ0) is 36.7. The van der Waals surface area contributed by atoms with Crippen LogP contribution >= 0.6 is 11.6 Å². The van der Waals surface area contributed by atoms with Crippen molar-refractivity contribution in [2.75, 3.05) is 38.3 Å². The van der Waals surface area contributed by atoms with Crippen LogP contribution in [0.2, 0.25) is 5.02 Å². The number of halogens is 1. The number of nitrogens with one attached hydrogen (secondary N) is 1. The molecule has 11 nitrogen and oxygen atoms in total. The van der Waals surface area contributed by atoms with Crippen LogP contribution in [0.5, 0.6) is 0 Å². The fraction of sp³-hybridized carbons (Fsp3) is 0.487. The zero-order valence-electron chi connectivity index (χ0n) is 29.3. The van der Waals surface area contributed by atoms with Crippen LogP contribution in [0, 0.1) is 18.8 Å². The van der Waals surface area contributed by atoms with Gasteiger partial charge in [0, 0.05) is 33.2 Å². The molecular weight excluding hydrogens is 674 g/mol. The number of hydrogen-bond acceptors (Lipinski definition) is 8. The molecule has 2 aromatic carbocycles. The number of fused-ring (bicyclic) bond motifs is 1. The van der Waals surface area contributed by atoms with Crippen molar-refractivity contribution in [2.45, 2.75) is 75.3 Å². The molecule has 274 valence electrons. The number of para-hydroxylation sites is 1. The van der Waals surface area contributed by atoms with Gasteiger partial charge in [0.1, 0.15) is 17.7 Å². The SMILES string of the molecule is C=CCCC(=O)N[C@H](COC)[C@H](OC(=O)[C@@H]1[C@H]2C(=O)N(CCCCO)[C@H](C(=O)N(CC=C)c3c(C)cccc3Cl)[C@]23CC[C@H]1O3)c1ccccc1. The van der Waals surface area contributed by atoms with Crippen molar-refractivity contribution in [3.63, 3.8) is 0 Å². The van der Waals surface area contributed by atoms with Gasteiger partial charge in [0.25, 0.3) is 5.91 Å². The van der Waals surface area contributed by atoms with E-state index in [-0.39, 0.29) is 50.4 Å². The standard InChI is InChI=1S/C39H48ClN3O8/c1-5-7-18-30(45)41-28(24-49-4)34(26-15-9-8-10-16-26)50-38(48)31-29-19-20-39(51-29)32(31)36(46)43(22-11-12-23-44)35(39)37(47)42(21-6-2)33-25(3)14-13-17-27(33)40/h5-6,8-10,13-17,28-29,31-32,34-35,44H,1-2,7,11-12,18-24H2,3-4H3,(H,41,45)/t28-,29-,31+,32+,34-,35-,39+/m1/s1. The molecule has 2 bridgehead atoms. The molecule has 3 saturated heterocycles. The molecule has 0 saturated carbocycles. The highest BCUT2D eigenvalue weighted by Crippen LogP contribution is 2.59. The van der Waals surface area contributed by atoms with Crippen LogP contribution in [0.25, 0.3) is 0 Å². The Morgan fingerprint density at radius 3 is 2.59 bits per heavy atom. The number of anilines is 1. The Balaban J connectivity index is 1.51. The molecule has 2 N–H and O–H groups in total. The molecule has 3 amide bonds. The first-order valence-electron chi connectivity index (χ1n) is 17.5. The number of rotatable bonds is 18. The van der Waals surface area contributed by atoms with Gasteiger partial charge in [0.05, 0.1) is 41.3 Å². The van der Waals surface area contributed by atoms with Gasteiger partial charge in [-0.1, -0.05) is 66.2 Å². The minimum absolute atomic E-state index is 0.0549. The van der Waals surface area contributed by atoms with Gasteiger partial charge < -0.3 is 34.4 Å². The molecule has 0 unspecified atom stereocenters. The highest BCUT2D eigenvalue weighted by molar-refractivity contribution is 6.34. The summed E-state index contributed by atoms with van der Waals surface area (Å²) in [6.07, 6.45) is 4.04. The number of allylic oxidation sites excluding steroid dienone is 1. The molecule has 0 aromatic heterocycles. The van der Waals surface area contributed by atoms with Crippen molar-refractivity contribution in [3.05, 3.63) is 90.0 Å². The fourth-order valence-electron chi connectivity index (χ4n) is 7.99. The van der Waals surface area contributed by atoms with Crippen LogP contribution in [0.4, 0.5) is 5.69 Å². The number of benzene rings is 2. The minimum atomic E-state index is -1.29.